The number of pyridine rings is 1. The summed E-state index contributed by atoms with van der Waals surface area (Å²) >= 11 is 0. The zero-order valence-corrected chi connectivity index (χ0v) is 8.86. The summed E-state index contributed by atoms with van der Waals surface area (Å²) in [5.41, 5.74) is 1.94. The van der Waals surface area contributed by atoms with Crippen molar-refractivity contribution in [1.82, 2.24) is 15.2 Å². The predicted octanol–water partition coefficient (Wildman–Crippen LogP) is 1.31. The van der Waals surface area contributed by atoms with Crippen LogP contribution in [0.3, 0.4) is 0 Å². The molecule has 1 saturated heterocycles. The van der Waals surface area contributed by atoms with E-state index in [0.29, 0.717) is 6.54 Å². The van der Waals surface area contributed by atoms with Gasteiger partial charge in [0.25, 0.3) is 0 Å². The molecule has 0 aromatic carbocycles. The third-order valence-corrected chi connectivity index (χ3v) is 2.47. The molecule has 2 rings (SSSR count). The van der Waals surface area contributed by atoms with E-state index in [1.54, 1.807) is 4.90 Å². The number of hydrogen-bond donors (Lipinski definition) is 1. The van der Waals surface area contributed by atoms with Crippen molar-refractivity contribution in [2.45, 2.75) is 19.9 Å². The molecule has 4 nitrogen and oxygen atoms in total. The summed E-state index contributed by atoms with van der Waals surface area (Å²) in [6.07, 6.45) is 1.01. The maximum absolute atomic E-state index is 11.5. The third kappa shape index (κ3) is 2.46. The molecule has 80 valence electrons. The number of amides is 2. The predicted molar refractivity (Wildman–Crippen MR) is 57.4 cm³/mol. The van der Waals surface area contributed by atoms with E-state index < -0.39 is 0 Å². The molecule has 0 spiro atoms. The van der Waals surface area contributed by atoms with Crippen molar-refractivity contribution in [2.24, 2.45) is 0 Å². The van der Waals surface area contributed by atoms with Crippen molar-refractivity contribution in [3.8, 4) is 0 Å². The van der Waals surface area contributed by atoms with Gasteiger partial charge in [0.2, 0.25) is 0 Å². The van der Waals surface area contributed by atoms with Gasteiger partial charge in [0, 0.05) is 18.8 Å². The van der Waals surface area contributed by atoms with Crippen molar-refractivity contribution in [3.05, 3.63) is 29.6 Å². The summed E-state index contributed by atoms with van der Waals surface area (Å²) in [5.74, 6) is 0. The van der Waals surface area contributed by atoms with Gasteiger partial charge in [0.15, 0.2) is 0 Å². The topological polar surface area (TPSA) is 45.2 Å². The maximum atomic E-state index is 11.5. The second kappa shape index (κ2) is 4.29. The molecular formula is C11H15N3O. The minimum Gasteiger partial charge on any atom is -0.338 e. The molecule has 0 aliphatic carbocycles. The number of carbonyl (C=O) groups excluding carboxylic acids is 1. The lowest BCUT2D eigenvalue weighted by molar-refractivity contribution is 0.182. The molecule has 4 heteroatoms. The number of aromatic nitrogens is 1. The van der Waals surface area contributed by atoms with E-state index >= 15 is 0 Å². The van der Waals surface area contributed by atoms with Crippen molar-refractivity contribution in [2.75, 3.05) is 13.1 Å². The van der Waals surface area contributed by atoms with E-state index in [-0.39, 0.29) is 6.03 Å². The van der Waals surface area contributed by atoms with Crippen LogP contribution in [-0.2, 0) is 6.54 Å². The average molecular weight is 205 g/mol. The highest BCUT2D eigenvalue weighted by Crippen LogP contribution is 2.06. The third-order valence-electron chi connectivity index (χ3n) is 2.47. The van der Waals surface area contributed by atoms with E-state index in [0.717, 1.165) is 30.9 Å². The van der Waals surface area contributed by atoms with Crippen LogP contribution in [0, 0.1) is 6.92 Å². The molecule has 0 radical (unpaired) electrons. The van der Waals surface area contributed by atoms with Crippen LogP contribution in [0.25, 0.3) is 0 Å². The lowest BCUT2D eigenvalue weighted by Gasteiger charge is -2.27. The molecule has 1 aliphatic heterocycles. The number of hydrogen-bond acceptors (Lipinski definition) is 2. The van der Waals surface area contributed by atoms with Crippen LogP contribution < -0.4 is 5.32 Å². The maximum Gasteiger partial charge on any atom is 0.317 e. The van der Waals surface area contributed by atoms with Gasteiger partial charge in [0.05, 0.1) is 12.2 Å². The highest BCUT2D eigenvalue weighted by Gasteiger charge is 2.17. The van der Waals surface area contributed by atoms with E-state index in [2.05, 4.69) is 10.3 Å². The molecule has 0 bridgehead atoms. The molecule has 0 atom stereocenters. The molecule has 2 amide bonds. The zero-order chi connectivity index (χ0) is 10.7. The van der Waals surface area contributed by atoms with Crippen molar-refractivity contribution in [1.29, 1.82) is 0 Å². The van der Waals surface area contributed by atoms with Crippen LogP contribution >= 0.6 is 0 Å². The summed E-state index contributed by atoms with van der Waals surface area (Å²) in [6.45, 7) is 4.17. The first kappa shape index (κ1) is 9.96. The monoisotopic (exact) mass is 205 g/mol. The smallest absolute Gasteiger partial charge is 0.317 e. The van der Waals surface area contributed by atoms with Crippen molar-refractivity contribution in [3.63, 3.8) is 0 Å². The molecule has 0 saturated carbocycles. The van der Waals surface area contributed by atoms with Gasteiger partial charge in [-0.1, -0.05) is 6.07 Å². The largest absolute Gasteiger partial charge is 0.338 e. The average Bonchev–Trinajstić information content (AvgIpc) is 2.22. The van der Waals surface area contributed by atoms with E-state index in [4.69, 9.17) is 0 Å². The number of nitrogens with zero attached hydrogens (tertiary/aromatic N) is 2. The number of carbonyl (C=O) groups is 1. The van der Waals surface area contributed by atoms with Crippen LogP contribution in [0.1, 0.15) is 17.8 Å². The fraction of sp³-hybridized carbons (Fsp3) is 0.455. The minimum absolute atomic E-state index is 0.0181. The van der Waals surface area contributed by atoms with Crippen molar-refractivity contribution >= 4 is 6.03 Å². The van der Waals surface area contributed by atoms with E-state index in [1.807, 2.05) is 25.1 Å². The Bertz CT molecular complexity index is 365. The second-order valence-electron chi connectivity index (χ2n) is 3.78. The first-order valence-corrected chi connectivity index (χ1v) is 5.21. The Kier molecular flexibility index (Phi) is 2.85. The molecular weight excluding hydrogens is 190 g/mol. The van der Waals surface area contributed by atoms with Crippen LogP contribution in [0.2, 0.25) is 0 Å². The fourth-order valence-corrected chi connectivity index (χ4v) is 1.71. The van der Waals surface area contributed by atoms with Gasteiger partial charge in [-0.15, -0.1) is 0 Å². The molecule has 1 N–H and O–H groups in total. The van der Waals surface area contributed by atoms with Gasteiger partial charge in [-0.2, -0.15) is 0 Å². The minimum atomic E-state index is 0.0181. The van der Waals surface area contributed by atoms with Crippen molar-refractivity contribution < 1.29 is 4.79 Å². The highest BCUT2D eigenvalue weighted by atomic mass is 16.2. The van der Waals surface area contributed by atoms with Crippen LogP contribution in [0.5, 0.6) is 0 Å². The molecule has 1 aromatic heterocycles. The Labute approximate surface area is 89.3 Å². The lowest BCUT2D eigenvalue weighted by atomic mass is 10.2. The van der Waals surface area contributed by atoms with E-state index in [1.165, 1.54) is 0 Å². The normalized spacial score (nSPS) is 16.3. The Hall–Kier alpha value is -1.58. The zero-order valence-electron chi connectivity index (χ0n) is 8.86. The van der Waals surface area contributed by atoms with E-state index in [9.17, 15) is 4.79 Å². The SMILES string of the molecule is Cc1cccc(CN2CCCNC2=O)n1. The fourth-order valence-electron chi connectivity index (χ4n) is 1.71. The first-order chi connectivity index (χ1) is 7.25. The van der Waals surface area contributed by atoms with Crippen LogP contribution in [-0.4, -0.2) is 29.0 Å². The quantitative estimate of drug-likeness (QED) is 0.791. The summed E-state index contributed by atoms with van der Waals surface area (Å²) < 4.78 is 0. The van der Waals surface area contributed by atoms with Gasteiger partial charge in [0.1, 0.15) is 0 Å². The molecule has 2 heterocycles. The number of rotatable bonds is 2. The number of aryl methyl sites for hydroxylation is 1. The first-order valence-electron chi connectivity index (χ1n) is 5.21. The standard InChI is InChI=1S/C11H15N3O/c1-9-4-2-5-10(13-9)8-14-7-3-6-12-11(14)15/h2,4-5H,3,6-8H2,1H3,(H,12,15). The molecule has 1 aromatic rings. The Morgan fingerprint density at radius 1 is 1.53 bits per heavy atom. The Morgan fingerprint density at radius 3 is 3.13 bits per heavy atom. The van der Waals surface area contributed by atoms with Gasteiger partial charge in [-0.3, -0.25) is 4.98 Å². The number of urea groups is 1. The highest BCUT2D eigenvalue weighted by molar-refractivity contribution is 5.74. The summed E-state index contributed by atoms with van der Waals surface area (Å²) in [4.78, 5) is 17.6. The molecule has 1 fully saturated rings. The number of nitrogens with one attached hydrogen (secondary N) is 1. The van der Waals surface area contributed by atoms with Gasteiger partial charge in [-0.05, 0) is 25.5 Å². The molecule has 1 aliphatic rings. The van der Waals surface area contributed by atoms with Gasteiger partial charge in [-0.25, -0.2) is 4.79 Å². The van der Waals surface area contributed by atoms with Crippen LogP contribution in [0.15, 0.2) is 18.2 Å². The summed E-state index contributed by atoms with van der Waals surface area (Å²) in [5, 5.41) is 2.83. The van der Waals surface area contributed by atoms with Gasteiger partial charge < -0.3 is 10.2 Å². The Balaban J connectivity index is 2.04. The summed E-state index contributed by atoms with van der Waals surface area (Å²) in [6, 6.07) is 5.90. The van der Waals surface area contributed by atoms with Gasteiger partial charge >= 0.3 is 6.03 Å². The Morgan fingerprint density at radius 2 is 2.40 bits per heavy atom. The molecule has 15 heavy (non-hydrogen) atoms. The lowest BCUT2D eigenvalue weighted by Crippen LogP contribution is -2.45. The summed E-state index contributed by atoms with van der Waals surface area (Å²) in [7, 11) is 0. The van der Waals surface area contributed by atoms with Crippen LogP contribution in [0.4, 0.5) is 4.79 Å². The molecule has 0 unspecified atom stereocenters. The second-order valence-corrected chi connectivity index (χ2v) is 3.78.